The molecule has 0 heterocycles. The number of rotatable bonds is 5. The van der Waals surface area contributed by atoms with E-state index in [2.05, 4.69) is 5.32 Å². The highest BCUT2D eigenvalue weighted by Gasteiger charge is 2.10. The van der Waals surface area contributed by atoms with E-state index < -0.39 is 0 Å². The maximum Gasteiger partial charge on any atom is 0.262 e. The highest BCUT2D eigenvalue weighted by Crippen LogP contribution is 2.29. The molecule has 0 aromatic heterocycles. The second kappa shape index (κ2) is 8.06. The Balaban J connectivity index is 1.69. The summed E-state index contributed by atoms with van der Waals surface area (Å²) in [7, 11) is 0. The minimum absolute atomic E-state index is 0.148. The molecular weight excluding hydrogens is 357 g/mol. The molecular formula is C20H15Cl2NO2. The smallest absolute Gasteiger partial charge is 0.262 e. The lowest BCUT2D eigenvalue weighted by Gasteiger charge is -2.12. The first kappa shape index (κ1) is 17.3. The maximum absolute atomic E-state index is 12.2. The zero-order valence-electron chi connectivity index (χ0n) is 13.2. The number of hydrogen-bond acceptors (Lipinski definition) is 2. The summed E-state index contributed by atoms with van der Waals surface area (Å²) < 4.78 is 5.47. The highest BCUT2D eigenvalue weighted by molar-refractivity contribution is 6.35. The summed E-state index contributed by atoms with van der Waals surface area (Å²) in [5.74, 6) is 0.145. The molecule has 0 aliphatic carbocycles. The Hall–Kier alpha value is -2.49. The Morgan fingerprint density at radius 2 is 1.64 bits per heavy atom. The van der Waals surface area contributed by atoms with Gasteiger partial charge in [-0.15, -0.1) is 0 Å². The number of carbonyl (C=O) groups is 1. The zero-order valence-corrected chi connectivity index (χ0v) is 14.7. The van der Waals surface area contributed by atoms with Crippen LogP contribution in [0.25, 0.3) is 11.1 Å². The van der Waals surface area contributed by atoms with Crippen molar-refractivity contribution in [3.63, 3.8) is 0 Å². The Morgan fingerprint density at radius 3 is 2.40 bits per heavy atom. The van der Waals surface area contributed by atoms with Crippen LogP contribution >= 0.6 is 23.2 Å². The van der Waals surface area contributed by atoms with E-state index in [-0.39, 0.29) is 12.5 Å². The quantitative estimate of drug-likeness (QED) is 0.626. The number of nitrogens with one attached hydrogen (secondary N) is 1. The van der Waals surface area contributed by atoms with Crippen molar-refractivity contribution < 1.29 is 9.53 Å². The van der Waals surface area contributed by atoms with Gasteiger partial charge in [0.15, 0.2) is 6.61 Å². The van der Waals surface area contributed by atoms with Gasteiger partial charge in [0.1, 0.15) is 5.75 Å². The summed E-state index contributed by atoms with van der Waals surface area (Å²) in [4.78, 5) is 12.2. The minimum Gasteiger partial charge on any atom is -0.482 e. The van der Waals surface area contributed by atoms with Crippen molar-refractivity contribution in [2.45, 2.75) is 0 Å². The predicted molar refractivity (Wildman–Crippen MR) is 102 cm³/mol. The van der Waals surface area contributed by atoms with Gasteiger partial charge in [0.05, 0.1) is 5.02 Å². The average molecular weight is 372 g/mol. The monoisotopic (exact) mass is 371 g/mol. The van der Waals surface area contributed by atoms with Crippen LogP contribution in [-0.2, 0) is 4.79 Å². The number of amides is 1. The number of halogens is 2. The summed E-state index contributed by atoms with van der Waals surface area (Å²) in [6.45, 7) is -0.148. The Labute approximate surface area is 156 Å². The lowest BCUT2D eigenvalue weighted by atomic mass is 10.0. The number of ether oxygens (including phenoxy) is 1. The van der Waals surface area contributed by atoms with Crippen LogP contribution in [0.1, 0.15) is 0 Å². The number of anilines is 1. The Bertz CT molecular complexity index is 882. The summed E-state index contributed by atoms with van der Waals surface area (Å²) in [5, 5.41) is 3.76. The third-order valence-corrected chi connectivity index (χ3v) is 4.07. The molecule has 25 heavy (non-hydrogen) atoms. The zero-order chi connectivity index (χ0) is 17.6. The van der Waals surface area contributed by atoms with Crippen LogP contribution in [-0.4, -0.2) is 12.5 Å². The maximum atomic E-state index is 12.2. The first-order valence-electron chi connectivity index (χ1n) is 7.65. The summed E-state index contributed by atoms with van der Waals surface area (Å²) in [5.41, 5.74) is 2.70. The molecule has 3 nitrogen and oxygen atoms in total. The summed E-state index contributed by atoms with van der Waals surface area (Å²) in [6, 6.07) is 22.3. The van der Waals surface area contributed by atoms with Gasteiger partial charge in [-0.3, -0.25) is 4.79 Å². The lowest BCUT2D eigenvalue weighted by Crippen LogP contribution is -2.20. The molecule has 0 saturated carbocycles. The average Bonchev–Trinajstić information content (AvgIpc) is 2.62. The molecule has 0 fully saturated rings. The van der Waals surface area contributed by atoms with Crippen LogP contribution in [0.4, 0.5) is 5.69 Å². The third kappa shape index (κ3) is 4.53. The Morgan fingerprint density at radius 1 is 0.920 bits per heavy atom. The van der Waals surface area contributed by atoms with Crippen molar-refractivity contribution in [3.8, 4) is 16.9 Å². The molecule has 0 unspecified atom stereocenters. The molecule has 3 aromatic carbocycles. The van der Waals surface area contributed by atoms with E-state index >= 15 is 0 Å². The van der Waals surface area contributed by atoms with Gasteiger partial charge < -0.3 is 10.1 Å². The van der Waals surface area contributed by atoms with E-state index in [4.69, 9.17) is 27.9 Å². The van der Waals surface area contributed by atoms with Crippen molar-refractivity contribution in [2.24, 2.45) is 0 Å². The van der Waals surface area contributed by atoms with Crippen LogP contribution in [0.3, 0.4) is 0 Å². The van der Waals surface area contributed by atoms with Gasteiger partial charge in [-0.1, -0.05) is 71.7 Å². The van der Waals surface area contributed by atoms with E-state index in [9.17, 15) is 4.79 Å². The molecule has 1 N–H and O–H groups in total. The fraction of sp³-hybridized carbons (Fsp3) is 0.0500. The number of carbonyl (C=O) groups excluding carboxylic acids is 1. The van der Waals surface area contributed by atoms with Crippen molar-refractivity contribution in [1.29, 1.82) is 0 Å². The van der Waals surface area contributed by atoms with E-state index in [0.717, 1.165) is 16.8 Å². The van der Waals surface area contributed by atoms with Gasteiger partial charge in [-0.05, 0) is 29.8 Å². The molecule has 3 rings (SSSR count). The first-order chi connectivity index (χ1) is 12.1. The van der Waals surface area contributed by atoms with Crippen molar-refractivity contribution in [3.05, 3.63) is 82.8 Å². The van der Waals surface area contributed by atoms with Gasteiger partial charge in [-0.2, -0.15) is 0 Å². The third-order valence-electron chi connectivity index (χ3n) is 3.54. The molecule has 0 aliphatic heterocycles. The Kier molecular flexibility index (Phi) is 5.59. The topological polar surface area (TPSA) is 38.3 Å². The first-order valence-corrected chi connectivity index (χ1v) is 8.41. The number of benzene rings is 3. The highest BCUT2D eigenvalue weighted by atomic mass is 35.5. The van der Waals surface area contributed by atoms with E-state index in [1.165, 1.54) is 0 Å². The van der Waals surface area contributed by atoms with E-state index in [1.807, 2.05) is 54.6 Å². The standard InChI is InChI=1S/C20H15Cl2NO2/c21-15-10-11-19(17(22)12-15)25-13-20(24)23-18-9-5-4-8-16(18)14-6-2-1-3-7-14/h1-12H,13H2,(H,23,24). The SMILES string of the molecule is O=C(COc1ccc(Cl)cc1Cl)Nc1ccccc1-c1ccccc1. The second-order valence-electron chi connectivity index (χ2n) is 5.32. The number of hydrogen-bond donors (Lipinski definition) is 1. The number of para-hydroxylation sites is 1. The van der Waals surface area contributed by atoms with Crippen LogP contribution < -0.4 is 10.1 Å². The summed E-state index contributed by atoms with van der Waals surface area (Å²) in [6.07, 6.45) is 0. The molecule has 0 spiro atoms. The van der Waals surface area contributed by atoms with Gasteiger partial charge >= 0.3 is 0 Å². The molecule has 126 valence electrons. The minimum atomic E-state index is -0.269. The van der Waals surface area contributed by atoms with Crippen LogP contribution in [0.2, 0.25) is 10.0 Å². The van der Waals surface area contributed by atoms with Gasteiger partial charge in [0.2, 0.25) is 0 Å². The second-order valence-corrected chi connectivity index (χ2v) is 6.17. The predicted octanol–water partition coefficient (Wildman–Crippen LogP) is 5.68. The van der Waals surface area contributed by atoms with Crippen LogP contribution in [0, 0.1) is 0 Å². The van der Waals surface area contributed by atoms with Crippen molar-refractivity contribution >= 4 is 34.8 Å². The van der Waals surface area contributed by atoms with Crippen molar-refractivity contribution in [1.82, 2.24) is 0 Å². The molecule has 0 aliphatic rings. The van der Waals surface area contributed by atoms with Crippen molar-refractivity contribution in [2.75, 3.05) is 11.9 Å². The van der Waals surface area contributed by atoms with Crippen LogP contribution in [0.5, 0.6) is 5.75 Å². The molecule has 0 bridgehead atoms. The fourth-order valence-electron chi connectivity index (χ4n) is 2.38. The van der Waals surface area contributed by atoms with Crippen LogP contribution in [0.15, 0.2) is 72.8 Å². The van der Waals surface area contributed by atoms with Gasteiger partial charge in [0.25, 0.3) is 5.91 Å². The molecule has 0 radical (unpaired) electrons. The largest absolute Gasteiger partial charge is 0.482 e. The molecule has 0 atom stereocenters. The van der Waals surface area contributed by atoms with E-state index in [0.29, 0.717) is 15.8 Å². The molecule has 5 heteroatoms. The summed E-state index contributed by atoms with van der Waals surface area (Å²) >= 11 is 11.9. The van der Waals surface area contributed by atoms with Gasteiger partial charge in [0, 0.05) is 16.3 Å². The normalized spacial score (nSPS) is 10.3. The van der Waals surface area contributed by atoms with Gasteiger partial charge in [-0.25, -0.2) is 0 Å². The molecule has 0 saturated heterocycles. The molecule has 1 amide bonds. The van der Waals surface area contributed by atoms with E-state index in [1.54, 1.807) is 18.2 Å². The lowest BCUT2D eigenvalue weighted by molar-refractivity contribution is -0.118. The fourth-order valence-corrected chi connectivity index (χ4v) is 2.85. The molecule has 3 aromatic rings.